The second-order valence-corrected chi connectivity index (χ2v) is 8.53. The van der Waals surface area contributed by atoms with E-state index < -0.39 is 11.7 Å². The van der Waals surface area contributed by atoms with E-state index in [4.69, 9.17) is 0 Å². The number of halogens is 3. The van der Waals surface area contributed by atoms with Crippen molar-refractivity contribution in [1.29, 1.82) is 0 Å². The predicted octanol–water partition coefficient (Wildman–Crippen LogP) is 6.09. The van der Waals surface area contributed by atoms with Gasteiger partial charge in [0.2, 0.25) is 0 Å². The molecule has 2 aromatic carbocycles. The fourth-order valence-electron chi connectivity index (χ4n) is 4.76. The van der Waals surface area contributed by atoms with Crippen LogP contribution < -0.4 is 4.90 Å². The SMILES string of the molecule is CN1c2ccccc2C(=C2CCN(CC3CC3)CC2)c2cc(C(F)(F)F)ccc21. The molecule has 0 aromatic heterocycles. The average molecular weight is 398 g/mol. The van der Waals surface area contributed by atoms with E-state index in [0.29, 0.717) is 5.56 Å². The molecule has 2 aromatic rings. The molecule has 5 heteroatoms. The molecule has 0 amide bonds. The predicted molar refractivity (Wildman–Crippen MR) is 110 cm³/mol. The van der Waals surface area contributed by atoms with Crippen LogP contribution in [0.5, 0.6) is 0 Å². The molecule has 5 rings (SSSR count). The Kier molecular flexibility index (Phi) is 4.46. The number of benzene rings is 2. The lowest BCUT2D eigenvalue weighted by molar-refractivity contribution is -0.137. The number of hydrogen-bond donors (Lipinski definition) is 0. The van der Waals surface area contributed by atoms with Crippen LogP contribution in [0.2, 0.25) is 0 Å². The van der Waals surface area contributed by atoms with E-state index in [-0.39, 0.29) is 0 Å². The van der Waals surface area contributed by atoms with Crippen LogP contribution in [0.4, 0.5) is 24.5 Å². The van der Waals surface area contributed by atoms with E-state index in [1.54, 1.807) is 6.07 Å². The molecule has 0 bridgehead atoms. The summed E-state index contributed by atoms with van der Waals surface area (Å²) in [5.41, 5.74) is 5.40. The Balaban J connectivity index is 1.60. The third kappa shape index (κ3) is 3.46. The molecule has 29 heavy (non-hydrogen) atoms. The fraction of sp³-hybridized carbons (Fsp3) is 0.417. The van der Waals surface area contributed by atoms with Gasteiger partial charge in [-0.3, -0.25) is 0 Å². The second kappa shape index (κ2) is 6.91. The summed E-state index contributed by atoms with van der Waals surface area (Å²) in [6.07, 6.45) is 0.203. The van der Waals surface area contributed by atoms with Crippen molar-refractivity contribution in [3.8, 4) is 0 Å². The average Bonchev–Trinajstić information content (AvgIpc) is 3.52. The number of piperidine rings is 1. The highest BCUT2D eigenvalue weighted by Crippen LogP contribution is 2.48. The Labute approximate surface area is 169 Å². The molecule has 0 unspecified atom stereocenters. The number of alkyl halides is 3. The molecule has 2 aliphatic heterocycles. The molecule has 2 fully saturated rings. The van der Waals surface area contributed by atoms with Crippen LogP contribution in [-0.4, -0.2) is 31.6 Å². The van der Waals surface area contributed by atoms with Crippen molar-refractivity contribution in [2.45, 2.75) is 31.9 Å². The molecule has 0 spiro atoms. The molecule has 1 saturated heterocycles. The largest absolute Gasteiger partial charge is 0.416 e. The normalized spacial score (nSPS) is 19.9. The summed E-state index contributed by atoms with van der Waals surface area (Å²) in [5, 5.41) is 0. The van der Waals surface area contributed by atoms with Gasteiger partial charge in [0.05, 0.1) is 5.56 Å². The minimum absolute atomic E-state index is 0.576. The van der Waals surface area contributed by atoms with Crippen LogP contribution in [0.25, 0.3) is 5.57 Å². The number of hydrogen-bond acceptors (Lipinski definition) is 2. The Hall–Kier alpha value is -2.27. The maximum absolute atomic E-state index is 13.5. The second-order valence-electron chi connectivity index (χ2n) is 8.53. The van der Waals surface area contributed by atoms with Crippen molar-refractivity contribution in [3.05, 3.63) is 64.7 Å². The van der Waals surface area contributed by atoms with Crippen molar-refractivity contribution >= 4 is 16.9 Å². The maximum Gasteiger partial charge on any atom is 0.416 e. The highest BCUT2D eigenvalue weighted by molar-refractivity contribution is 5.99. The number of nitrogens with zero attached hydrogens (tertiary/aromatic N) is 2. The number of para-hydroxylation sites is 1. The zero-order chi connectivity index (χ0) is 20.2. The van der Waals surface area contributed by atoms with Gasteiger partial charge >= 0.3 is 6.18 Å². The summed E-state index contributed by atoms with van der Waals surface area (Å²) >= 11 is 0. The van der Waals surface area contributed by atoms with Crippen LogP contribution >= 0.6 is 0 Å². The molecule has 1 aliphatic carbocycles. The van der Waals surface area contributed by atoms with Gasteiger partial charge in [-0.25, -0.2) is 0 Å². The molecule has 3 aliphatic rings. The Morgan fingerprint density at radius 3 is 2.31 bits per heavy atom. The maximum atomic E-state index is 13.5. The quantitative estimate of drug-likeness (QED) is 0.604. The first kappa shape index (κ1) is 18.7. The molecular formula is C24H25F3N2. The molecule has 0 N–H and O–H groups in total. The van der Waals surface area contributed by atoms with Gasteiger partial charge in [0.15, 0.2) is 0 Å². The zero-order valence-electron chi connectivity index (χ0n) is 16.6. The highest BCUT2D eigenvalue weighted by Gasteiger charge is 2.34. The lowest BCUT2D eigenvalue weighted by atomic mass is 9.83. The van der Waals surface area contributed by atoms with E-state index in [2.05, 4.69) is 11.0 Å². The molecule has 0 atom stereocenters. The van der Waals surface area contributed by atoms with E-state index in [0.717, 1.165) is 54.4 Å². The summed E-state index contributed by atoms with van der Waals surface area (Å²) in [4.78, 5) is 4.53. The van der Waals surface area contributed by atoms with E-state index in [1.165, 1.54) is 37.1 Å². The van der Waals surface area contributed by atoms with E-state index in [1.807, 2.05) is 30.1 Å². The van der Waals surface area contributed by atoms with E-state index in [9.17, 15) is 13.2 Å². The van der Waals surface area contributed by atoms with Crippen LogP contribution in [0, 0.1) is 5.92 Å². The van der Waals surface area contributed by atoms with Crippen molar-refractivity contribution < 1.29 is 13.2 Å². The summed E-state index contributed by atoms with van der Waals surface area (Å²) in [5.74, 6) is 0.864. The lowest BCUT2D eigenvalue weighted by Crippen LogP contribution is -2.33. The summed E-state index contributed by atoms with van der Waals surface area (Å²) in [6, 6.07) is 12.2. The van der Waals surface area contributed by atoms with Crippen molar-refractivity contribution in [2.75, 3.05) is 31.6 Å². The van der Waals surface area contributed by atoms with Gasteiger partial charge in [-0.05, 0) is 61.4 Å². The number of rotatable bonds is 2. The van der Waals surface area contributed by atoms with Gasteiger partial charge in [0.1, 0.15) is 0 Å². The van der Waals surface area contributed by atoms with Gasteiger partial charge < -0.3 is 9.80 Å². The molecule has 1 saturated carbocycles. The smallest absolute Gasteiger partial charge is 0.344 e. The minimum atomic E-state index is -4.34. The minimum Gasteiger partial charge on any atom is -0.344 e. The van der Waals surface area contributed by atoms with Crippen LogP contribution in [0.3, 0.4) is 0 Å². The van der Waals surface area contributed by atoms with Crippen molar-refractivity contribution in [2.24, 2.45) is 5.92 Å². The van der Waals surface area contributed by atoms with Crippen LogP contribution in [0.15, 0.2) is 48.0 Å². The Morgan fingerprint density at radius 2 is 1.62 bits per heavy atom. The molecule has 2 nitrogen and oxygen atoms in total. The first-order chi connectivity index (χ1) is 13.9. The first-order valence-electron chi connectivity index (χ1n) is 10.4. The Bertz CT molecular complexity index is 962. The zero-order valence-corrected chi connectivity index (χ0v) is 16.6. The van der Waals surface area contributed by atoms with E-state index >= 15 is 0 Å². The molecular weight excluding hydrogens is 373 g/mol. The Morgan fingerprint density at radius 1 is 0.931 bits per heavy atom. The number of anilines is 2. The third-order valence-corrected chi connectivity index (χ3v) is 6.52. The third-order valence-electron chi connectivity index (χ3n) is 6.52. The first-order valence-corrected chi connectivity index (χ1v) is 10.4. The molecule has 2 heterocycles. The van der Waals surface area contributed by atoms with Gasteiger partial charge in [0.25, 0.3) is 0 Å². The highest BCUT2D eigenvalue weighted by atomic mass is 19.4. The fourth-order valence-corrected chi connectivity index (χ4v) is 4.76. The van der Waals surface area contributed by atoms with Gasteiger partial charge in [-0.1, -0.05) is 23.8 Å². The number of likely N-dealkylation sites (tertiary alicyclic amines) is 1. The standard InChI is InChI=1S/C24H25F3N2/c1-28-21-5-3-2-4-19(21)23(17-10-12-29(13-11-17)15-16-6-7-16)20-14-18(24(25,26)27)8-9-22(20)28/h2-5,8-9,14,16H,6-7,10-13,15H2,1H3. The molecule has 152 valence electrons. The van der Waals surface area contributed by atoms with Crippen molar-refractivity contribution in [3.63, 3.8) is 0 Å². The topological polar surface area (TPSA) is 6.48 Å². The number of fused-ring (bicyclic) bond motifs is 2. The lowest BCUT2D eigenvalue weighted by Gasteiger charge is -2.36. The van der Waals surface area contributed by atoms with Crippen molar-refractivity contribution in [1.82, 2.24) is 4.90 Å². The van der Waals surface area contributed by atoms with Gasteiger partial charge in [0, 0.05) is 49.2 Å². The monoisotopic (exact) mass is 398 g/mol. The van der Waals surface area contributed by atoms with Crippen LogP contribution in [-0.2, 0) is 6.18 Å². The van der Waals surface area contributed by atoms with Crippen LogP contribution in [0.1, 0.15) is 42.4 Å². The van der Waals surface area contributed by atoms with Gasteiger partial charge in [-0.2, -0.15) is 13.2 Å². The summed E-state index contributed by atoms with van der Waals surface area (Å²) in [6.45, 7) is 3.18. The summed E-state index contributed by atoms with van der Waals surface area (Å²) in [7, 11) is 1.94. The molecule has 0 radical (unpaired) electrons. The summed E-state index contributed by atoms with van der Waals surface area (Å²) < 4.78 is 40.4. The van der Waals surface area contributed by atoms with Gasteiger partial charge in [-0.15, -0.1) is 0 Å².